The Hall–Kier alpha value is -5.34. The zero-order valence-corrected chi connectivity index (χ0v) is 33.1. The summed E-state index contributed by atoms with van der Waals surface area (Å²) >= 11 is 0. The molecule has 2 nitrogen and oxygen atoms in total. The first-order chi connectivity index (χ1) is 25.8. The zero-order valence-electron chi connectivity index (χ0n) is 33.1. The maximum atomic E-state index is 3.57. The molecule has 0 saturated carbocycles. The number of nitrogens with one attached hydrogen (secondary N) is 1. The van der Waals surface area contributed by atoms with E-state index >= 15 is 0 Å². The quantitative estimate of drug-likeness (QED) is 0.167. The van der Waals surface area contributed by atoms with Crippen molar-refractivity contribution in [1.82, 2.24) is 4.98 Å². The van der Waals surface area contributed by atoms with Gasteiger partial charge in [0.25, 0.3) is 0 Å². The highest BCUT2D eigenvalue weighted by Gasteiger charge is 2.33. The number of aryl methyl sites for hydroxylation is 2. The topological polar surface area (TPSA) is 19.0 Å². The van der Waals surface area contributed by atoms with E-state index in [1.165, 1.54) is 77.3 Å². The van der Waals surface area contributed by atoms with Gasteiger partial charge in [-0.3, -0.25) is 0 Å². The first-order valence-electron chi connectivity index (χ1n) is 19.7. The number of allylic oxidation sites excluding steroid dienone is 2. The second-order valence-electron chi connectivity index (χ2n) is 18.0. The summed E-state index contributed by atoms with van der Waals surface area (Å²) in [4.78, 5) is 6.12. The average Bonchev–Trinajstić information content (AvgIpc) is 3.52. The molecule has 272 valence electrons. The number of aromatic nitrogens is 1. The Morgan fingerprint density at radius 3 is 2.02 bits per heavy atom. The van der Waals surface area contributed by atoms with Gasteiger partial charge in [-0.2, -0.15) is 0 Å². The van der Waals surface area contributed by atoms with E-state index < -0.39 is 0 Å². The molecule has 0 amide bonds. The molecule has 0 fully saturated rings. The minimum atomic E-state index is -0.216. The summed E-state index contributed by atoms with van der Waals surface area (Å²) in [6, 6.07) is 47.8. The van der Waals surface area contributed by atoms with Gasteiger partial charge in [-0.25, -0.2) is 0 Å². The number of para-hydroxylation sites is 1. The highest BCUT2D eigenvalue weighted by molar-refractivity contribution is 6.08. The van der Waals surface area contributed by atoms with Crippen LogP contribution in [0.1, 0.15) is 71.6 Å². The molecule has 1 aromatic heterocycles. The molecule has 0 bridgehead atoms. The van der Waals surface area contributed by atoms with Gasteiger partial charge in [-0.1, -0.05) is 139 Å². The van der Waals surface area contributed by atoms with Gasteiger partial charge in [0.15, 0.2) is 0 Å². The van der Waals surface area contributed by atoms with Crippen molar-refractivity contribution in [2.45, 2.75) is 79.7 Å². The third-order valence-corrected chi connectivity index (χ3v) is 11.3. The second-order valence-corrected chi connectivity index (χ2v) is 18.0. The molecule has 1 atom stereocenters. The van der Waals surface area contributed by atoms with Crippen LogP contribution in [0.2, 0.25) is 0 Å². The summed E-state index contributed by atoms with van der Waals surface area (Å²) < 4.78 is 0. The van der Waals surface area contributed by atoms with Crippen molar-refractivity contribution >= 4 is 44.0 Å². The van der Waals surface area contributed by atoms with Gasteiger partial charge in [-0.05, 0) is 136 Å². The first-order valence-corrected chi connectivity index (χ1v) is 19.7. The highest BCUT2D eigenvalue weighted by Crippen LogP contribution is 2.42. The van der Waals surface area contributed by atoms with Gasteiger partial charge >= 0.3 is 0 Å². The number of nitrogens with zero attached hydrogens (tertiary/aromatic N) is 1. The van der Waals surface area contributed by atoms with E-state index in [9.17, 15) is 0 Å². The number of rotatable bonds is 8. The van der Waals surface area contributed by atoms with Gasteiger partial charge in [0, 0.05) is 33.2 Å². The fraction of sp³-hybridized carbons (Fsp3) is 0.269. The molecule has 1 aliphatic carbocycles. The standard InChI is InChI=1S/C52H54N2/c1-50(2,3)35-38-12-10-11-37(31-38)16-15-36-17-23-44(24-18-36)54(52(7)29-27-43(28-30-52)51(4,5)6)45-25-21-40-32-39(19-20-41(40)33-45)42-22-26-49-47(34-42)46-13-8-9-14-48(46)53-49/h8-14,17-29,31-34,53H,15-16,30,35H2,1-7H3. The largest absolute Gasteiger partial charge is 0.355 e. The van der Waals surface area contributed by atoms with Crippen molar-refractivity contribution in [1.29, 1.82) is 0 Å². The number of H-pyrrole nitrogens is 1. The predicted octanol–water partition coefficient (Wildman–Crippen LogP) is 14.3. The minimum Gasteiger partial charge on any atom is -0.355 e. The SMILES string of the molecule is CC(C)(C)Cc1cccc(CCc2ccc(N(c3ccc4cc(-c5ccc6[nH]c7ccccc7c6c5)ccc4c3)C3(C)C=CC(C(C)(C)C)=CC3)cc2)c1. The number of hydrogen-bond donors (Lipinski definition) is 1. The van der Waals surface area contributed by atoms with Crippen molar-refractivity contribution < 1.29 is 0 Å². The molecule has 6 aromatic carbocycles. The van der Waals surface area contributed by atoms with Gasteiger partial charge < -0.3 is 9.88 Å². The van der Waals surface area contributed by atoms with E-state index in [1.54, 1.807) is 0 Å². The molecule has 2 heteroatoms. The maximum absolute atomic E-state index is 3.57. The number of aromatic amines is 1. The summed E-state index contributed by atoms with van der Waals surface area (Å²) in [7, 11) is 0. The van der Waals surface area contributed by atoms with Crippen LogP contribution in [0.15, 0.2) is 151 Å². The van der Waals surface area contributed by atoms with Crippen LogP contribution in [0.5, 0.6) is 0 Å². The normalized spacial score (nSPS) is 16.3. The Labute approximate surface area is 322 Å². The molecule has 0 aliphatic heterocycles. The lowest BCUT2D eigenvalue weighted by molar-refractivity contribution is 0.411. The number of benzene rings is 6. The average molecular weight is 707 g/mol. The Balaban J connectivity index is 1.10. The van der Waals surface area contributed by atoms with Gasteiger partial charge in [0.2, 0.25) is 0 Å². The maximum Gasteiger partial charge on any atom is 0.0643 e. The smallest absolute Gasteiger partial charge is 0.0643 e. The Morgan fingerprint density at radius 2 is 1.26 bits per heavy atom. The van der Waals surface area contributed by atoms with E-state index in [1.807, 2.05) is 0 Å². The van der Waals surface area contributed by atoms with Crippen molar-refractivity contribution in [3.8, 4) is 11.1 Å². The Morgan fingerprint density at radius 1 is 0.593 bits per heavy atom. The van der Waals surface area contributed by atoms with Crippen LogP contribution in [0.3, 0.4) is 0 Å². The lowest BCUT2D eigenvalue weighted by Crippen LogP contribution is -2.42. The van der Waals surface area contributed by atoms with Crippen LogP contribution in [0, 0.1) is 10.8 Å². The molecule has 7 aromatic rings. The van der Waals surface area contributed by atoms with E-state index in [-0.39, 0.29) is 16.4 Å². The lowest BCUT2D eigenvalue weighted by atomic mass is 9.79. The fourth-order valence-corrected chi connectivity index (χ4v) is 8.37. The van der Waals surface area contributed by atoms with Crippen molar-refractivity contribution in [3.05, 3.63) is 168 Å². The van der Waals surface area contributed by atoms with Crippen LogP contribution >= 0.6 is 0 Å². The molecule has 1 aliphatic rings. The van der Waals surface area contributed by atoms with Crippen LogP contribution in [-0.2, 0) is 19.3 Å². The van der Waals surface area contributed by atoms with Gasteiger partial charge in [-0.15, -0.1) is 0 Å². The molecule has 0 radical (unpaired) electrons. The predicted molar refractivity (Wildman–Crippen MR) is 234 cm³/mol. The molecule has 1 unspecified atom stereocenters. The molecule has 0 saturated heterocycles. The van der Waals surface area contributed by atoms with Gasteiger partial charge in [0.1, 0.15) is 0 Å². The van der Waals surface area contributed by atoms with Crippen molar-refractivity contribution in [2.75, 3.05) is 4.90 Å². The summed E-state index contributed by atoms with van der Waals surface area (Å²) in [5.41, 5.74) is 13.1. The summed E-state index contributed by atoms with van der Waals surface area (Å²) in [5.74, 6) is 0. The number of hydrogen-bond acceptors (Lipinski definition) is 1. The van der Waals surface area contributed by atoms with E-state index in [0.29, 0.717) is 0 Å². The van der Waals surface area contributed by atoms with Crippen LogP contribution in [0.25, 0.3) is 43.7 Å². The van der Waals surface area contributed by atoms with Gasteiger partial charge in [0.05, 0.1) is 5.54 Å². The zero-order chi connectivity index (χ0) is 37.7. The summed E-state index contributed by atoms with van der Waals surface area (Å²) in [5, 5.41) is 5.03. The van der Waals surface area contributed by atoms with E-state index in [4.69, 9.17) is 0 Å². The number of anilines is 2. The van der Waals surface area contributed by atoms with Crippen LogP contribution in [-0.4, -0.2) is 10.5 Å². The Bertz CT molecular complexity index is 2530. The third kappa shape index (κ3) is 7.40. The highest BCUT2D eigenvalue weighted by atomic mass is 15.2. The molecule has 0 spiro atoms. The molecule has 1 N–H and O–H groups in total. The first kappa shape index (κ1) is 35.7. The van der Waals surface area contributed by atoms with Crippen LogP contribution < -0.4 is 4.90 Å². The minimum absolute atomic E-state index is 0.121. The number of fused-ring (bicyclic) bond motifs is 4. The summed E-state index contributed by atoms with van der Waals surface area (Å²) in [6.45, 7) is 16.2. The fourth-order valence-electron chi connectivity index (χ4n) is 8.37. The van der Waals surface area contributed by atoms with Crippen molar-refractivity contribution in [2.24, 2.45) is 10.8 Å². The molecular formula is C52H54N2. The van der Waals surface area contributed by atoms with E-state index in [0.717, 1.165) is 25.7 Å². The third-order valence-electron chi connectivity index (χ3n) is 11.3. The lowest BCUT2D eigenvalue weighted by Gasteiger charge is -2.43. The molecular weight excluding hydrogens is 653 g/mol. The molecule has 8 rings (SSSR count). The molecule has 54 heavy (non-hydrogen) atoms. The van der Waals surface area contributed by atoms with Crippen LogP contribution in [0.4, 0.5) is 11.4 Å². The Kier molecular flexibility index (Phi) is 9.13. The monoisotopic (exact) mass is 706 g/mol. The molecule has 1 heterocycles. The second kappa shape index (κ2) is 13.8. The summed E-state index contributed by atoms with van der Waals surface area (Å²) in [6.07, 6.45) is 11.4. The van der Waals surface area contributed by atoms with Crippen molar-refractivity contribution in [3.63, 3.8) is 0 Å². The van der Waals surface area contributed by atoms with E-state index in [2.05, 4.69) is 204 Å².